The Balaban J connectivity index is 1.19. The van der Waals surface area contributed by atoms with E-state index in [1.807, 2.05) is 0 Å². The van der Waals surface area contributed by atoms with Crippen molar-refractivity contribution >= 4 is 68.6 Å². The van der Waals surface area contributed by atoms with Crippen LogP contribution in [0, 0.1) is 0 Å². The summed E-state index contributed by atoms with van der Waals surface area (Å²) in [7, 11) is 0. The van der Waals surface area contributed by atoms with Gasteiger partial charge in [-0.1, -0.05) is 268 Å². The molecule has 0 bridgehead atoms. The highest BCUT2D eigenvalue weighted by atomic mass is 15.3. The summed E-state index contributed by atoms with van der Waals surface area (Å²) < 4.78 is 0. The van der Waals surface area contributed by atoms with Gasteiger partial charge in [-0.05, 0) is 179 Å². The number of aryl methyl sites for hydroxylation is 1. The molecule has 0 N–H and O–H groups in total. The van der Waals surface area contributed by atoms with Crippen LogP contribution in [0.2, 0.25) is 0 Å². The fourth-order valence-electron chi connectivity index (χ4n) is 15.9. The van der Waals surface area contributed by atoms with Crippen LogP contribution in [0.4, 0.5) is 45.5 Å². The van der Waals surface area contributed by atoms with Crippen LogP contribution in [0.3, 0.4) is 0 Å². The Hall–Kier alpha value is -8.34. The standard InChI is InChI=1S/C85H88BN3/c1-79(2,3)59-37-42-71(65(48-59)55-28-20-17-21-29-55)87-74-45-40-62(82(10,11)12)51-70(74)86-69-41-36-63(83(13,14)15)52-75(69)88(72-43-38-60(80(4,5)6)49-66(72)56-30-22-18-23-31-56)77-54-64(53-76(87)78(77)86)89-73-44-39-61(81(7,8)9)50-68(73)85(58-33-24-19-25-34-58)47-46-57-32-26-27-35-67(57)84(85,89)16/h17-45,48-54H,46-47H2,1-16H3. The Labute approximate surface area is 532 Å². The van der Waals surface area contributed by atoms with E-state index in [1.165, 1.54) is 129 Å². The molecule has 0 saturated carbocycles. The summed E-state index contributed by atoms with van der Waals surface area (Å²) in [6.45, 7) is 37.9. The monoisotopic (exact) mass is 1160 g/mol. The van der Waals surface area contributed by atoms with E-state index in [9.17, 15) is 0 Å². The number of benzene rings is 10. The highest BCUT2D eigenvalue weighted by molar-refractivity contribution is 7.00. The first kappa shape index (κ1) is 58.4. The van der Waals surface area contributed by atoms with E-state index in [0.29, 0.717) is 0 Å². The molecule has 0 fully saturated rings. The molecule has 0 amide bonds. The third kappa shape index (κ3) is 9.19. The minimum absolute atomic E-state index is 0.0765. The van der Waals surface area contributed by atoms with Crippen LogP contribution in [0.15, 0.2) is 218 Å². The first-order valence-corrected chi connectivity index (χ1v) is 32.7. The second-order valence-electron chi connectivity index (χ2n) is 31.6. The van der Waals surface area contributed by atoms with E-state index < -0.39 is 11.0 Å². The third-order valence-electron chi connectivity index (χ3n) is 20.8. The zero-order valence-corrected chi connectivity index (χ0v) is 55.6. The van der Waals surface area contributed by atoms with Crippen molar-refractivity contribution in [2.24, 2.45) is 0 Å². The maximum absolute atomic E-state index is 2.84. The van der Waals surface area contributed by atoms with Gasteiger partial charge in [0.05, 0.1) is 22.3 Å². The van der Waals surface area contributed by atoms with Gasteiger partial charge in [0, 0.05) is 45.3 Å². The number of fused-ring (bicyclic) bond motifs is 9. The lowest BCUT2D eigenvalue weighted by atomic mass is 9.33. The Kier molecular flexibility index (Phi) is 13.3. The summed E-state index contributed by atoms with van der Waals surface area (Å²) >= 11 is 0. The predicted octanol–water partition coefficient (Wildman–Crippen LogP) is 20.9. The van der Waals surface area contributed by atoms with Crippen molar-refractivity contribution in [1.29, 1.82) is 0 Å². The molecule has 1 aliphatic carbocycles. The highest BCUT2D eigenvalue weighted by Gasteiger charge is 2.64. The van der Waals surface area contributed by atoms with Gasteiger partial charge < -0.3 is 14.7 Å². The Morgan fingerprint density at radius 3 is 1.30 bits per heavy atom. The summed E-state index contributed by atoms with van der Waals surface area (Å²) in [5, 5.41) is 0. The molecule has 2 atom stereocenters. The quantitative estimate of drug-likeness (QED) is 0.154. The highest BCUT2D eigenvalue weighted by Crippen LogP contribution is 2.67. The third-order valence-corrected chi connectivity index (χ3v) is 20.8. The summed E-state index contributed by atoms with van der Waals surface area (Å²) in [4.78, 5) is 8.25. The normalized spacial score (nSPS) is 17.8. The molecule has 0 saturated heterocycles. The molecule has 4 heteroatoms. The molecule has 0 aromatic heterocycles. The van der Waals surface area contributed by atoms with Crippen LogP contribution in [0.1, 0.15) is 167 Å². The average Bonchev–Trinajstić information content (AvgIpc) is 1.59. The predicted molar refractivity (Wildman–Crippen MR) is 383 cm³/mol. The van der Waals surface area contributed by atoms with Crippen LogP contribution >= 0.6 is 0 Å². The van der Waals surface area contributed by atoms with E-state index in [4.69, 9.17) is 0 Å². The van der Waals surface area contributed by atoms with Crippen LogP contribution in [0.5, 0.6) is 0 Å². The van der Waals surface area contributed by atoms with Gasteiger partial charge in [-0.15, -0.1) is 0 Å². The number of hydrogen-bond acceptors (Lipinski definition) is 3. The van der Waals surface area contributed by atoms with Crippen molar-refractivity contribution in [2.45, 2.75) is 162 Å². The maximum Gasteiger partial charge on any atom is 0.252 e. The van der Waals surface area contributed by atoms with E-state index in [0.717, 1.165) is 18.5 Å². The van der Waals surface area contributed by atoms with Gasteiger partial charge >= 0.3 is 0 Å². The molecule has 14 rings (SSSR count). The van der Waals surface area contributed by atoms with Crippen LogP contribution < -0.4 is 31.1 Å². The molecular weight excluding hydrogens is 1070 g/mol. The molecule has 3 nitrogen and oxygen atoms in total. The van der Waals surface area contributed by atoms with Crippen molar-refractivity contribution in [3.05, 3.63) is 268 Å². The van der Waals surface area contributed by atoms with Crippen LogP contribution in [0.25, 0.3) is 22.3 Å². The summed E-state index contributed by atoms with van der Waals surface area (Å²) in [5.41, 5.74) is 29.0. The second-order valence-corrected chi connectivity index (χ2v) is 31.6. The molecule has 10 aromatic carbocycles. The largest absolute Gasteiger partial charge is 0.330 e. The fraction of sp³-hybridized carbons (Fsp3) is 0.294. The van der Waals surface area contributed by atoms with Gasteiger partial charge in [-0.2, -0.15) is 0 Å². The average molecular weight is 1160 g/mol. The van der Waals surface area contributed by atoms with Crippen molar-refractivity contribution in [2.75, 3.05) is 14.7 Å². The molecule has 3 heterocycles. The summed E-state index contributed by atoms with van der Waals surface area (Å²) in [6.07, 6.45) is 1.94. The minimum atomic E-state index is -0.592. The van der Waals surface area contributed by atoms with E-state index in [1.54, 1.807) is 0 Å². The Morgan fingerprint density at radius 2 is 0.775 bits per heavy atom. The van der Waals surface area contributed by atoms with Gasteiger partial charge in [-0.3, -0.25) is 0 Å². The van der Waals surface area contributed by atoms with Crippen molar-refractivity contribution in [1.82, 2.24) is 0 Å². The van der Waals surface area contributed by atoms with Gasteiger partial charge in [0.1, 0.15) is 0 Å². The second kappa shape index (κ2) is 20.3. The van der Waals surface area contributed by atoms with E-state index >= 15 is 0 Å². The van der Waals surface area contributed by atoms with Gasteiger partial charge in [0.25, 0.3) is 6.71 Å². The number of anilines is 8. The van der Waals surface area contributed by atoms with Gasteiger partial charge in [0.15, 0.2) is 0 Å². The molecule has 3 aliphatic heterocycles. The van der Waals surface area contributed by atoms with Gasteiger partial charge in [-0.25, -0.2) is 0 Å². The lowest BCUT2D eigenvalue weighted by Crippen LogP contribution is -2.62. The molecule has 10 aromatic rings. The number of hydrogen-bond donors (Lipinski definition) is 0. The molecule has 4 aliphatic rings. The maximum atomic E-state index is 2.84. The molecular formula is C85H88BN3. The van der Waals surface area contributed by atoms with E-state index in [-0.39, 0.29) is 33.8 Å². The summed E-state index contributed by atoms with van der Waals surface area (Å²) in [5.74, 6) is 0. The number of nitrogens with zero attached hydrogens (tertiary/aromatic N) is 3. The lowest BCUT2D eigenvalue weighted by molar-refractivity contribution is 0.270. The summed E-state index contributed by atoms with van der Waals surface area (Å²) in [6, 6.07) is 85.9. The minimum Gasteiger partial charge on any atom is -0.330 e. The SMILES string of the molecule is CC(C)(C)c1ccc2c(c1)B1c3ccc(C(C)(C)C)cc3N(c3ccc(C(C)(C)C)cc3-c3ccccc3)c3cc(N4c5ccc(C(C)(C)C)cc5C5(c6ccccc6)CCc6ccccc6C45C)cc(c31)N2c1ccc(C(C)(C)C)cc1-c1ccccc1. The molecule has 89 heavy (non-hydrogen) atoms. The molecule has 2 unspecified atom stereocenters. The van der Waals surface area contributed by atoms with E-state index in [2.05, 4.69) is 344 Å². The first-order valence-electron chi connectivity index (χ1n) is 32.7. The molecule has 446 valence electrons. The smallest absolute Gasteiger partial charge is 0.252 e. The topological polar surface area (TPSA) is 9.72 Å². The fourth-order valence-corrected chi connectivity index (χ4v) is 15.9. The Bertz CT molecular complexity index is 4430. The Morgan fingerprint density at radius 1 is 0.348 bits per heavy atom. The van der Waals surface area contributed by atoms with Crippen molar-refractivity contribution in [3.8, 4) is 22.3 Å². The van der Waals surface area contributed by atoms with Crippen molar-refractivity contribution in [3.63, 3.8) is 0 Å². The lowest BCUT2D eigenvalue weighted by Gasteiger charge is -2.53. The molecule has 0 radical (unpaired) electrons. The number of rotatable bonds is 6. The van der Waals surface area contributed by atoms with Crippen LogP contribution in [-0.2, 0) is 44.4 Å². The zero-order chi connectivity index (χ0) is 62.5. The zero-order valence-electron chi connectivity index (χ0n) is 55.6. The van der Waals surface area contributed by atoms with Crippen molar-refractivity contribution < 1.29 is 0 Å². The molecule has 0 spiro atoms. The first-order chi connectivity index (χ1) is 42.2. The van der Waals surface area contributed by atoms with Gasteiger partial charge in [0.2, 0.25) is 0 Å². The van der Waals surface area contributed by atoms with Crippen LogP contribution in [-0.4, -0.2) is 6.71 Å².